The third kappa shape index (κ3) is 4.40. The quantitative estimate of drug-likeness (QED) is 0.554. The molecule has 0 fully saturated rings. The Morgan fingerprint density at radius 3 is 2.81 bits per heavy atom. The second kappa shape index (κ2) is 9.03. The van der Waals surface area contributed by atoms with Crippen molar-refractivity contribution in [3.63, 3.8) is 0 Å². The summed E-state index contributed by atoms with van der Waals surface area (Å²) in [5, 5.41) is 3.87. The Kier molecular flexibility index (Phi) is 6.20. The second-order valence-electron chi connectivity index (χ2n) is 7.24. The lowest BCUT2D eigenvalue weighted by atomic mass is 10.1. The predicted molar refractivity (Wildman–Crippen MR) is 124 cm³/mol. The van der Waals surface area contributed by atoms with Crippen LogP contribution in [0.3, 0.4) is 0 Å². The van der Waals surface area contributed by atoms with Gasteiger partial charge in [0.05, 0.1) is 17.2 Å². The van der Waals surface area contributed by atoms with Gasteiger partial charge in [-0.05, 0) is 60.4 Å². The van der Waals surface area contributed by atoms with Gasteiger partial charge in [-0.25, -0.2) is 4.79 Å². The van der Waals surface area contributed by atoms with Gasteiger partial charge in [-0.3, -0.25) is 14.2 Å². The molecule has 3 aromatic rings. The summed E-state index contributed by atoms with van der Waals surface area (Å²) in [7, 11) is 0. The van der Waals surface area contributed by atoms with Crippen molar-refractivity contribution in [1.29, 1.82) is 0 Å². The van der Waals surface area contributed by atoms with E-state index in [1.807, 2.05) is 48.0 Å². The van der Waals surface area contributed by atoms with Gasteiger partial charge in [-0.2, -0.15) is 11.3 Å². The van der Waals surface area contributed by atoms with Crippen LogP contribution >= 0.6 is 22.7 Å². The molecule has 1 amide bonds. The molecule has 0 radical (unpaired) electrons. The number of para-hydroxylation sites is 1. The molecular weight excluding hydrogens is 432 g/mol. The Balaban J connectivity index is 1.75. The van der Waals surface area contributed by atoms with Crippen LogP contribution in [0.1, 0.15) is 25.0 Å². The maximum absolute atomic E-state index is 13.3. The van der Waals surface area contributed by atoms with Crippen LogP contribution in [0.2, 0.25) is 0 Å². The van der Waals surface area contributed by atoms with Crippen LogP contribution in [-0.4, -0.2) is 29.1 Å². The molecule has 0 aliphatic carbocycles. The number of thiazole rings is 1. The summed E-state index contributed by atoms with van der Waals surface area (Å²) in [5.41, 5.74) is 2.61. The molecule has 0 spiro atoms. The molecule has 8 heteroatoms. The van der Waals surface area contributed by atoms with E-state index in [1.54, 1.807) is 17.9 Å². The first kappa shape index (κ1) is 21.3. The van der Waals surface area contributed by atoms with Gasteiger partial charge in [0.1, 0.15) is 11.2 Å². The maximum atomic E-state index is 13.3. The fourth-order valence-corrected chi connectivity index (χ4v) is 5.39. The number of fused-ring (bicyclic) bond motifs is 1. The summed E-state index contributed by atoms with van der Waals surface area (Å²) in [6.07, 6.45) is 3.84. The van der Waals surface area contributed by atoms with Crippen molar-refractivity contribution >= 4 is 52.4 Å². The van der Waals surface area contributed by atoms with E-state index in [0.717, 1.165) is 23.2 Å². The molecule has 0 saturated heterocycles. The number of hydrogen-bond acceptors (Lipinski definition) is 6. The van der Waals surface area contributed by atoms with Crippen molar-refractivity contribution in [2.24, 2.45) is 0 Å². The zero-order chi connectivity index (χ0) is 22.0. The zero-order valence-electron chi connectivity index (χ0n) is 17.2. The minimum absolute atomic E-state index is 0.00793. The Labute approximate surface area is 187 Å². The Morgan fingerprint density at radius 1 is 1.26 bits per heavy atom. The van der Waals surface area contributed by atoms with Gasteiger partial charge in [0, 0.05) is 11.7 Å². The molecule has 3 heterocycles. The lowest BCUT2D eigenvalue weighted by Crippen LogP contribution is -2.42. The standard InChI is InChI=1S/C23H22N2O4S2/c1-3-29-22(27)12-21-24(23(28)19(31-21)11-16-8-9-30-14-16)13-20(26)25-15(2)10-17-6-4-5-7-18(17)25/h4-9,11-12,14-15H,3,10,13H2,1-2H3/b19-11-,21-12-/t15-/m0/s1. The zero-order valence-corrected chi connectivity index (χ0v) is 18.9. The van der Waals surface area contributed by atoms with Gasteiger partial charge in [-0.15, -0.1) is 11.3 Å². The minimum atomic E-state index is -0.535. The molecule has 0 saturated carbocycles. The van der Waals surface area contributed by atoms with E-state index in [9.17, 15) is 14.4 Å². The number of carbonyl (C=O) groups excluding carboxylic acids is 2. The van der Waals surface area contributed by atoms with E-state index >= 15 is 0 Å². The van der Waals surface area contributed by atoms with E-state index in [2.05, 4.69) is 0 Å². The smallest absolute Gasteiger partial charge is 0.333 e. The first-order valence-corrected chi connectivity index (χ1v) is 11.8. The Hall–Kier alpha value is -2.97. The van der Waals surface area contributed by atoms with Crippen LogP contribution in [0.25, 0.3) is 12.2 Å². The number of benzene rings is 1. The number of thiophene rings is 1. The number of hydrogen-bond donors (Lipinski definition) is 0. The summed E-state index contributed by atoms with van der Waals surface area (Å²) in [5.74, 6) is -0.718. The van der Waals surface area contributed by atoms with Crippen molar-refractivity contribution < 1.29 is 14.3 Å². The molecule has 31 heavy (non-hydrogen) atoms. The number of ether oxygens (including phenoxy) is 1. The molecular formula is C23H22N2O4S2. The number of amides is 1. The van der Waals surface area contributed by atoms with E-state index in [4.69, 9.17) is 4.74 Å². The van der Waals surface area contributed by atoms with Crippen LogP contribution in [0.5, 0.6) is 0 Å². The van der Waals surface area contributed by atoms with Crippen LogP contribution < -0.4 is 19.7 Å². The van der Waals surface area contributed by atoms with Crippen molar-refractivity contribution in [3.05, 3.63) is 71.8 Å². The topological polar surface area (TPSA) is 68.6 Å². The number of aromatic nitrogens is 1. The molecule has 1 atom stereocenters. The molecule has 1 aromatic carbocycles. The monoisotopic (exact) mass is 454 g/mol. The first-order valence-electron chi connectivity index (χ1n) is 10.00. The average molecular weight is 455 g/mol. The lowest BCUT2D eigenvalue weighted by molar-refractivity contribution is -0.135. The van der Waals surface area contributed by atoms with Gasteiger partial charge < -0.3 is 9.64 Å². The molecule has 0 unspecified atom stereocenters. The first-order chi connectivity index (χ1) is 15.0. The third-order valence-corrected chi connectivity index (χ3v) is 6.84. The van der Waals surface area contributed by atoms with Crippen molar-refractivity contribution in [2.75, 3.05) is 11.5 Å². The molecule has 160 valence electrons. The van der Waals surface area contributed by atoms with E-state index < -0.39 is 5.97 Å². The summed E-state index contributed by atoms with van der Waals surface area (Å²) < 4.78 is 7.26. The number of anilines is 1. The van der Waals surface area contributed by atoms with E-state index in [0.29, 0.717) is 9.20 Å². The predicted octanol–water partition coefficient (Wildman–Crippen LogP) is 2.12. The van der Waals surface area contributed by atoms with Gasteiger partial charge in [0.25, 0.3) is 5.56 Å². The third-order valence-electron chi connectivity index (χ3n) is 5.07. The van der Waals surface area contributed by atoms with Gasteiger partial charge >= 0.3 is 5.97 Å². The highest BCUT2D eigenvalue weighted by molar-refractivity contribution is 7.08. The van der Waals surface area contributed by atoms with Crippen LogP contribution in [0.15, 0.2) is 45.9 Å². The fourth-order valence-electron chi connectivity index (χ4n) is 3.74. The molecule has 0 N–H and O–H groups in total. The summed E-state index contributed by atoms with van der Waals surface area (Å²) >= 11 is 2.72. The Morgan fingerprint density at radius 2 is 2.06 bits per heavy atom. The van der Waals surface area contributed by atoms with Crippen LogP contribution in [0, 0.1) is 0 Å². The molecule has 1 aliphatic heterocycles. The molecule has 4 rings (SSSR count). The fraction of sp³-hybridized carbons (Fsp3) is 0.261. The SMILES string of the molecule is CCOC(=O)/C=c1\s/c(=C\c2ccsc2)c(=O)n1CC(=O)N1c2ccccc2C[C@@H]1C. The summed E-state index contributed by atoms with van der Waals surface area (Å²) in [6.45, 7) is 3.81. The molecule has 0 bridgehead atoms. The number of nitrogens with zero attached hydrogens (tertiary/aromatic N) is 2. The minimum Gasteiger partial charge on any atom is -0.463 e. The average Bonchev–Trinajstić information content (AvgIpc) is 3.43. The van der Waals surface area contributed by atoms with E-state index in [-0.39, 0.29) is 30.7 Å². The second-order valence-corrected chi connectivity index (χ2v) is 9.08. The number of carbonyl (C=O) groups is 2. The van der Waals surface area contributed by atoms with Gasteiger partial charge in [0.2, 0.25) is 5.91 Å². The summed E-state index contributed by atoms with van der Waals surface area (Å²) in [6, 6.07) is 9.73. The van der Waals surface area contributed by atoms with Crippen LogP contribution in [-0.2, 0) is 27.3 Å². The maximum Gasteiger partial charge on any atom is 0.333 e. The number of rotatable bonds is 5. The highest BCUT2D eigenvalue weighted by Gasteiger charge is 2.30. The van der Waals surface area contributed by atoms with Crippen LogP contribution in [0.4, 0.5) is 5.69 Å². The molecule has 6 nitrogen and oxygen atoms in total. The van der Waals surface area contributed by atoms with Gasteiger partial charge in [-0.1, -0.05) is 18.2 Å². The number of esters is 1. The highest BCUT2D eigenvalue weighted by Crippen LogP contribution is 2.31. The molecule has 1 aliphatic rings. The summed E-state index contributed by atoms with van der Waals surface area (Å²) in [4.78, 5) is 40.2. The van der Waals surface area contributed by atoms with Crippen molar-refractivity contribution in [3.8, 4) is 0 Å². The van der Waals surface area contributed by atoms with Gasteiger partial charge in [0.15, 0.2) is 0 Å². The normalized spacial score (nSPS) is 16.6. The van der Waals surface area contributed by atoms with E-state index in [1.165, 1.54) is 33.3 Å². The highest BCUT2D eigenvalue weighted by atomic mass is 32.1. The largest absolute Gasteiger partial charge is 0.463 e. The molecule has 2 aromatic heterocycles. The van der Waals surface area contributed by atoms with Crippen molar-refractivity contribution in [1.82, 2.24) is 4.57 Å². The lowest BCUT2D eigenvalue weighted by Gasteiger charge is -2.22. The van der Waals surface area contributed by atoms with Crippen molar-refractivity contribution in [2.45, 2.75) is 32.9 Å². The Bertz CT molecular complexity index is 1290.